The molecule has 1 saturated carbocycles. The third-order valence-electron chi connectivity index (χ3n) is 3.72. The Hall–Kier alpha value is -0.970. The first-order valence-corrected chi connectivity index (χ1v) is 6.39. The van der Waals surface area contributed by atoms with E-state index in [-0.39, 0.29) is 18.0 Å². The number of benzene rings is 1. The minimum atomic E-state index is -0.202. The average Bonchev–Trinajstić information content (AvgIpc) is 3.17. The third-order valence-corrected chi connectivity index (χ3v) is 3.72. The Morgan fingerprint density at radius 3 is 2.78 bits per heavy atom. The molecule has 3 nitrogen and oxygen atoms in total. The lowest BCUT2D eigenvalue weighted by Gasteiger charge is -2.26. The lowest BCUT2D eigenvalue weighted by Crippen LogP contribution is -2.47. The molecule has 0 radical (unpaired) electrons. The Bertz CT molecular complexity index is 407. The Morgan fingerprint density at radius 2 is 2.22 bits per heavy atom. The van der Waals surface area contributed by atoms with E-state index in [1.807, 2.05) is 6.92 Å². The highest BCUT2D eigenvalue weighted by atomic mass is 19.1. The monoisotopic (exact) mass is 252 g/mol. The lowest BCUT2D eigenvalue weighted by atomic mass is 9.96. The topological polar surface area (TPSA) is 47.3 Å². The molecule has 0 spiro atoms. The van der Waals surface area contributed by atoms with Crippen molar-refractivity contribution in [3.8, 4) is 0 Å². The molecule has 2 unspecified atom stereocenters. The normalized spacial score (nSPS) is 18.7. The lowest BCUT2D eigenvalue weighted by molar-refractivity contribution is 0.0510. The van der Waals surface area contributed by atoms with Gasteiger partial charge in [0.05, 0.1) is 12.1 Å². The van der Waals surface area contributed by atoms with E-state index < -0.39 is 0 Å². The second kappa shape index (κ2) is 5.78. The molecule has 18 heavy (non-hydrogen) atoms. The van der Waals surface area contributed by atoms with Gasteiger partial charge in [-0.3, -0.25) is 11.3 Å². The number of ether oxygens (including phenoxy) is 1. The largest absolute Gasteiger partial charge is 0.379 e. The van der Waals surface area contributed by atoms with Gasteiger partial charge in [-0.25, -0.2) is 4.39 Å². The van der Waals surface area contributed by atoms with Crippen LogP contribution < -0.4 is 11.3 Å². The summed E-state index contributed by atoms with van der Waals surface area (Å²) in [5, 5.41) is 0. The van der Waals surface area contributed by atoms with Gasteiger partial charge in [-0.15, -0.1) is 0 Å². The molecule has 1 aliphatic carbocycles. The Balaban J connectivity index is 2.11. The van der Waals surface area contributed by atoms with E-state index >= 15 is 0 Å². The van der Waals surface area contributed by atoms with Crippen molar-refractivity contribution in [1.29, 1.82) is 0 Å². The van der Waals surface area contributed by atoms with E-state index in [2.05, 4.69) is 5.43 Å². The van der Waals surface area contributed by atoms with E-state index in [0.717, 1.165) is 11.1 Å². The van der Waals surface area contributed by atoms with Crippen LogP contribution in [0.2, 0.25) is 0 Å². The molecule has 1 aromatic carbocycles. The summed E-state index contributed by atoms with van der Waals surface area (Å²) in [6.07, 6.45) is 3.19. The number of methoxy groups -OCH3 is 1. The standard InChI is InChI=1S/C14H21FN2O/c1-9-3-6-12(15)7-11(9)8-13(17-16)14(18-2)10-4-5-10/h3,6-7,10,13-14,17H,4-5,8,16H2,1-2H3. The summed E-state index contributed by atoms with van der Waals surface area (Å²) in [4.78, 5) is 0. The SMILES string of the molecule is COC(C1CC1)C(Cc1cc(F)ccc1C)NN. The Kier molecular flexibility index (Phi) is 4.32. The molecule has 0 bridgehead atoms. The minimum Gasteiger partial charge on any atom is -0.379 e. The quantitative estimate of drug-likeness (QED) is 0.601. The molecule has 0 heterocycles. The molecule has 1 aliphatic rings. The summed E-state index contributed by atoms with van der Waals surface area (Å²) in [5.41, 5.74) is 4.89. The molecule has 0 amide bonds. The molecule has 0 aromatic heterocycles. The summed E-state index contributed by atoms with van der Waals surface area (Å²) in [6, 6.07) is 4.90. The van der Waals surface area contributed by atoms with Crippen LogP contribution in [0.4, 0.5) is 4.39 Å². The fraction of sp³-hybridized carbons (Fsp3) is 0.571. The van der Waals surface area contributed by atoms with Crippen molar-refractivity contribution < 1.29 is 9.13 Å². The number of aryl methyl sites for hydroxylation is 1. The van der Waals surface area contributed by atoms with Crippen LogP contribution >= 0.6 is 0 Å². The number of hydrazine groups is 1. The highest BCUT2D eigenvalue weighted by Crippen LogP contribution is 2.36. The molecule has 0 aliphatic heterocycles. The van der Waals surface area contributed by atoms with Crippen LogP contribution in [-0.4, -0.2) is 19.3 Å². The predicted octanol–water partition coefficient (Wildman–Crippen LogP) is 1.93. The molecule has 2 atom stereocenters. The van der Waals surface area contributed by atoms with E-state index in [9.17, 15) is 4.39 Å². The smallest absolute Gasteiger partial charge is 0.123 e. The highest BCUT2D eigenvalue weighted by molar-refractivity contribution is 5.27. The van der Waals surface area contributed by atoms with Crippen LogP contribution in [-0.2, 0) is 11.2 Å². The van der Waals surface area contributed by atoms with Gasteiger partial charge in [0.1, 0.15) is 5.82 Å². The summed E-state index contributed by atoms with van der Waals surface area (Å²) in [7, 11) is 1.71. The molecule has 3 N–H and O–H groups in total. The van der Waals surface area contributed by atoms with Gasteiger partial charge in [0.25, 0.3) is 0 Å². The number of nitrogens with one attached hydrogen (secondary N) is 1. The third kappa shape index (κ3) is 3.07. The van der Waals surface area contributed by atoms with E-state index in [0.29, 0.717) is 12.3 Å². The number of hydrogen-bond acceptors (Lipinski definition) is 3. The summed E-state index contributed by atoms with van der Waals surface area (Å²) in [6.45, 7) is 1.99. The predicted molar refractivity (Wildman–Crippen MR) is 69.5 cm³/mol. The Labute approximate surface area is 107 Å². The first-order valence-electron chi connectivity index (χ1n) is 6.39. The zero-order chi connectivity index (χ0) is 13.1. The molecule has 1 aromatic rings. The number of hydrogen-bond donors (Lipinski definition) is 2. The van der Waals surface area contributed by atoms with Crippen molar-refractivity contribution in [2.75, 3.05) is 7.11 Å². The van der Waals surface area contributed by atoms with Crippen LogP contribution in [0, 0.1) is 18.7 Å². The maximum absolute atomic E-state index is 13.3. The fourth-order valence-corrected chi connectivity index (χ4v) is 2.48. The maximum atomic E-state index is 13.3. The van der Waals surface area contributed by atoms with Crippen molar-refractivity contribution in [3.63, 3.8) is 0 Å². The summed E-state index contributed by atoms with van der Waals surface area (Å²) in [5.74, 6) is 6.01. The van der Waals surface area contributed by atoms with Gasteiger partial charge in [0.2, 0.25) is 0 Å². The van der Waals surface area contributed by atoms with Gasteiger partial charge >= 0.3 is 0 Å². The number of halogens is 1. The van der Waals surface area contributed by atoms with Gasteiger partial charge in [-0.05, 0) is 55.4 Å². The van der Waals surface area contributed by atoms with Crippen molar-refractivity contribution >= 4 is 0 Å². The van der Waals surface area contributed by atoms with Gasteiger partial charge in [0.15, 0.2) is 0 Å². The van der Waals surface area contributed by atoms with Crippen molar-refractivity contribution in [2.45, 2.75) is 38.3 Å². The van der Waals surface area contributed by atoms with Gasteiger partial charge in [-0.1, -0.05) is 6.07 Å². The second-order valence-corrected chi connectivity index (χ2v) is 5.09. The first-order chi connectivity index (χ1) is 8.65. The fourth-order valence-electron chi connectivity index (χ4n) is 2.48. The van der Waals surface area contributed by atoms with Crippen LogP contribution in [0.15, 0.2) is 18.2 Å². The van der Waals surface area contributed by atoms with Gasteiger partial charge < -0.3 is 4.74 Å². The van der Waals surface area contributed by atoms with E-state index in [1.54, 1.807) is 19.2 Å². The highest BCUT2D eigenvalue weighted by Gasteiger charge is 2.36. The number of nitrogens with two attached hydrogens (primary N) is 1. The molecule has 0 saturated heterocycles. The second-order valence-electron chi connectivity index (χ2n) is 5.09. The number of rotatable bonds is 6. The molecular formula is C14H21FN2O. The zero-order valence-electron chi connectivity index (χ0n) is 10.9. The van der Waals surface area contributed by atoms with E-state index in [4.69, 9.17) is 10.6 Å². The molecule has 1 fully saturated rings. The van der Waals surface area contributed by atoms with E-state index in [1.165, 1.54) is 18.9 Å². The molecular weight excluding hydrogens is 231 g/mol. The Morgan fingerprint density at radius 1 is 1.50 bits per heavy atom. The van der Waals surface area contributed by atoms with Crippen molar-refractivity contribution in [2.24, 2.45) is 11.8 Å². The van der Waals surface area contributed by atoms with Crippen LogP contribution in [0.5, 0.6) is 0 Å². The molecule has 2 rings (SSSR count). The molecule has 100 valence electrons. The average molecular weight is 252 g/mol. The van der Waals surface area contributed by atoms with Gasteiger partial charge in [-0.2, -0.15) is 0 Å². The maximum Gasteiger partial charge on any atom is 0.123 e. The summed E-state index contributed by atoms with van der Waals surface area (Å²) < 4.78 is 18.8. The summed E-state index contributed by atoms with van der Waals surface area (Å²) >= 11 is 0. The van der Waals surface area contributed by atoms with Crippen LogP contribution in [0.1, 0.15) is 24.0 Å². The first kappa shape index (κ1) is 13.5. The van der Waals surface area contributed by atoms with Crippen LogP contribution in [0.25, 0.3) is 0 Å². The van der Waals surface area contributed by atoms with Crippen LogP contribution in [0.3, 0.4) is 0 Å². The minimum absolute atomic E-state index is 0.0306. The van der Waals surface area contributed by atoms with Crippen molar-refractivity contribution in [1.82, 2.24) is 5.43 Å². The van der Waals surface area contributed by atoms with Crippen molar-refractivity contribution in [3.05, 3.63) is 35.1 Å². The molecule has 4 heteroatoms. The van der Waals surface area contributed by atoms with Gasteiger partial charge in [0, 0.05) is 7.11 Å². The zero-order valence-corrected chi connectivity index (χ0v) is 10.9.